The van der Waals surface area contributed by atoms with Crippen LogP contribution in [0.5, 0.6) is 11.8 Å². The number of nitrogens with zero attached hydrogens (tertiary/aromatic N) is 5. The number of piperidine rings is 1. The minimum absolute atomic E-state index is 0.0125. The fourth-order valence-corrected chi connectivity index (χ4v) is 9.02. The number of rotatable bonds is 6. The lowest BCUT2D eigenvalue weighted by molar-refractivity contribution is 0.107. The molecule has 4 fully saturated rings. The van der Waals surface area contributed by atoms with Gasteiger partial charge in [0.1, 0.15) is 35.2 Å². The molecule has 4 aromatic rings. The summed E-state index contributed by atoms with van der Waals surface area (Å²) in [5.74, 6) is 0.0448. The zero-order chi connectivity index (χ0) is 31.0. The smallest absolute Gasteiger partial charge is 0.319 e. The monoisotopic (exact) mass is 615 g/mol. The van der Waals surface area contributed by atoms with Crippen molar-refractivity contribution in [1.82, 2.24) is 19.9 Å². The highest BCUT2D eigenvalue weighted by Crippen LogP contribution is 2.45. The number of aromatic nitrogens is 3. The van der Waals surface area contributed by atoms with Crippen molar-refractivity contribution in [1.29, 1.82) is 0 Å². The number of anilines is 1. The van der Waals surface area contributed by atoms with E-state index in [1.54, 1.807) is 18.3 Å². The van der Waals surface area contributed by atoms with Crippen LogP contribution in [-0.2, 0) is 6.42 Å². The third-order valence-corrected chi connectivity index (χ3v) is 10.8. The summed E-state index contributed by atoms with van der Waals surface area (Å²) in [6.45, 7) is 6.66. The summed E-state index contributed by atoms with van der Waals surface area (Å²) >= 11 is 0. The number of hydrogen-bond acceptors (Lipinski definition) is 8. The lowest BCUT2D eigenvalue weighted by Crippen LogP contribution is -2.45. The standard InChI is InChI=1S/C35H39F2N5O3/c1-3-25-28(36)8-5-20-11-23(43)14-26(29(20)25)31-30(37)32-27(16-38-31)33(42-21-6-7-22(42)13-24(44)12-21)40-34(39-32)45-18-35-9-4-10-41(35)17-19(2)15-35/h5,8,11,14,16,19,21-22,24,43-44H,3-4,6-7,9-10,12-13,15,17-18H2,1-2H3/t19-,21-,22+,24?,35+/m1/s1. The van der Waals surface area contributed by atoms with Crippen LogP contribution in [0, 0.1) is 17.6 Å². The molecular weight excluding hydrogens is 576 g/mol. The van der Waals surface area contributed by atoms with Gasteiger partial charge in [0.15, 0.2) is 5.82 Å². The van der Waals surface area contributed by atoms with Crippen LogP contribution in [0.4, 0.5) is 14.6 Å². The van der Waals surface area contributed by atoms with E-state index in [2.05, 4.69) is 26.7 Å². The highest BCUT2D eigenvalue weighted by Gasteiger charge is 2.48. The summed E-state index contributed by atoms with van der Waals surface area (Å²) in [5, 5.41) is 22.7. The molecule has 4 aliphatic rings. The molecule has 45 heavy (non-hydrogen) atoms. The van der Waals surface area contributed by atoms with Crippen LogP contribution in [0.25, 0.3) is 32.9 Å². The Hall–Kier alpha value is -3.63. The molecule has 2 aromatic heterocycles. The molecule has 5 atom stereocenters. The number of aryl methyl sites for hydroxylation is 1. The number of hydrogen-bond donors (Lipinski definition) is 2. The van der Waals surface area contributed by atoms with Gasteiger partial charge in [-0.25, -0.2) is 8.78 Å². The maximum atomic E-state index is 16.9. The molecule has 236 valence electrons. The van der Waals surface area contributed by atoms with E-state index in [1.807, 2.05) is 6.92 Å². The molecule has 4 saturated heterocycles. The summed E-state index contributed by atoms with van der Waals surface area (Å²) in [6.07, 6.45) is 7.94. The minimum Gasteiger partial charge on any atom is -0.508 e. The molecule has 2 N–H and O–H groups in total. The predicted molar refractivity (Wildman–Crippen MR) is 169 cm³/mol. The fraction of sp³-hybridized carbons (Fsp3) is 0.514. The van der Waals surface area contributed by atoms with E-state index < -0.39 is 5.82 Å². The Morgan fingerprint density at radius 3 is 2.69 bits per heavy atom. The number of aromatic hydroxyl groups is 1. The Labute approximate surface area is 261 Å². The van der Waals surface area contributed by atoms with E-state index in [0.29, 0.717) is 64.9 Å². The number of aliphatic hydroxyl groups is 1. The predicted octanol–water partition coefficient (Wildman–Crippen LogP) is 6.14. The summed E-state index contributed by atoms with van der Waals surface area (Å²) in [5.41, 5.74) is 0.754. The number of fused-ring (bicyclic) bond motifs is 5. The fourth-order valence-electron chi connectivity index (χ4n) is 9.02. The molecule has 2 aromatic carbocycles. The van der Waals surface area contributed by atoms with Crippen molar-refractivity contribution in [2.24, 2.45) is 5.92 Å². The van der Waals surface area contributed by atoms with Crippen LogP contribution in [0.1, 0.15) is 64.4 Å². The Bertz CT molecular complexity index is 1810. The van der Waals surface area contributed by atoms with Crippen molar-refractivity contribution in [2.45, 2.75) is 88.9 Å². The van der Waals surface area contributed by atoms with E-state index in [0.717, 1.165) is 45.2 Å². The lowest BCUT2D eigenvalue weighted by Gasteiger charge is -2.38. The van der Waals surface area contributed by atoms with Crippen molar-refractivity contribution < 1.29 is 23.7 Å². The van der Waals surface area contributed by atoms with Gasteiger partial charge in [0.25, 0.3) is 0 Å². The van der Waals surface area contributed by atoms with Crippen LogP contribution in [0.15, 0.2) is 30.5 Å². The molecule has 6 heterocycles. The number of aliphatic hydroxyl groups excluding tert-OH is 1. The molecule has 0 saturated carbocycles. The maximum Gasteiger partial charge on any atom is 0.319 e. The number of halogens is 2. The van der Waals surface area contributed by atoms with Crippen molar-refractivity contribution in [2.75, 3.05) is 24.6 Å². The molecule has 0 amide bonds. The van der Waals surface area contributed by atoms with E-state index in [4.69, 9.17) is 9.72 Å². The maximum absolute atomic E-state index is 16.9. The SMILES string of the molecule is CCc1c(F)ccc2cc(O)cc(-c3ncc4c(N5[C@@H]6CC[C@H]5CC(O)C6)nc(OC[C@@]56CCCN5C[C@H](C)C6)nc4c3F)c12. The van der Waals surface area contributed by atoms with Crippen molar-refractivity contribution in [3.63, 3.8) is 0 Å². The summed E-state index contributed by atoms with van der Waals surface area (Å²) in [7, 11) is 0. The van der Waals surface area contributed by atoms with Gasteiger partial charge in [0, 0.05) is 30.4 Å². The average molecular weight is 616 g/mol. The Balaban J connectivity index is 1.29. The highest BCUT2D eigenvalue weighted by atomic mass is 19.1. The van der Waals surface area contributed by atoms with E-state index in [9.17, 15) is 14.6 Å². The van der Waals surface area contributed by atoms with Crippen LogP contribution in [0.3, 0.4) is 0 Å². The van der Waals surface area contributed by atoms with Crippen molar-refractivity contribution in [3.05, 3.63) is 47.7 Å². The van der Waals surface area contributed by atoms with Crippen molar-refractivity contribution in [3.8, 4) is 23.0 Å². The van der Waals surface area contributed by atoms with Crippen LogP contribution in [0.2, 0.25) is 0 Å². The summed E-state index contributed by atoms with van der Waals surface area (Å²) in [6, 6.07) is 6.25. The molecule has 0 aliphatic carbocycles. The number of benzene rings is 2. The van der Waals surface area contributed by atoms with E-state index in [1.165, 1.54) is 12.1 Å². The Morgan fingerprint density at radius 1 is 1.11 bits per heavy atom. The van der Waals surface area contributed by atoms with Gasteiger partial charge < -0.3 is 19.8 Å². The van der Waals surface area contributed by atoms with Gasteiger partial charge in [-0.1, -0.05) is 19.9 Å². The highest BCUT2D eigenvalue weighted by molar-refractivity contribution is 6.01. The van der Waals surface area contributed by atoms with Gasteiger partial charge in [-0.15, -0.1) is 0 Å². The number of phenolic OH excluding ortho intramolecular Hbond substituents is 1. The molecule has 1 unspecified atom stereocenters. The third-order valence-electron chi connectivity index (χ3n) is 10.8. The Kier molecular flexibility index (Phi) is 6.87. The largest absolute Gasteiger partial charge is 0.508 e. The molecule has 2 bridgehead atoms. The normalized spacial score (nSPS) is 28.0. The van der Waals surface area contributed by atoms with Gasteiger partial charge in [0.05, 0.1) is 17.0 Å². The minimum atomic E-state index is -0.668. The van der Waals surface area contributed by atoms with Gasteiger partial charge in [-0.3, -0.25) is 9.88 Å². The van der Waals surface area contributed by atoms with Gasteiger partial charge >= 0.3 is 6.01 Å². The second kappa shape index (κ2) is 10.7. The number of pyridine rings is 1. The summed E-state index contributed by atoms with van der Waals surface area (Å²) < 4.78 is 38.3. The molecule has 8 rings (SSSR count). The van der Waals surface area contributed by atoms with Crippen molar-refractivity contribution >= 4 is 27.5 Å². The quantitative estimate of drug-likeness (QED) is 0.267. The van der Waals surface area contributed by atoms with Crippen LogP contribution < -0.4 is 9.64 Å². The molecular formula is C35H39F2N5O3. The second-order valence-electron chi connectivity index (χ2n) is 13.8. The zero-order valence-electron chi connectivity index (χ0n) is 25.8. The van der Waals surface area contributed by atoms with Crippen LogP contribution in [-0.4, -0.2) is 73.5 Å². The second-order valence-corrected chi connectivity index (χ2v) is 13.8. The molecule has 0 spiro atoms. The number of ether oxygens (including phenoxy) is 1. The Morgan fingerprint density at radius 2 is 1.91 bits per heavy atom. The summed E-state index contributed by atoms with van der Waals surface area (Å²) in [4.78, 5) is 18.9. The first-order valence-electron chi connectivity index (χ1n) is 16.4. The molecule has 10 heteroatoms. The first-order valence-corrected chi connectivity index (χ1v) is 16.4. The first kappa shape index (κ1) is 28.8. The van der Waals surface area contributed by atoms with Gasteiger partial charge in [-0.05, 0) is 98.4 Å². The third kappa shape index (κ3) is 4.62. The van der Waals surface area contributed by atoms with Gasteiger partial charge in [0.2, 0.25) is 0 Å². The molecule has 8 nitrogen and oxygen atoms in total. The first-order chi connectivity index (χ1) is 21.7. The van der Waals surface area contributed by atoms with Gasteiger partial charge in [-0.2, -0.15) is 9.97 Å². The lowest BCUT2D eigenvalue weighted by atomic mass is 9.92. The molecule has 4 aliphatic heterocycles. The zero-order valence-corrected chi connectivity index (χ0v) is 25.8. The van der Waals surface area contributed by atoms with E-state index in [-0.39, 0.29) is 52.5 Å². The molecule has 0 radical (unpaired) electrons. The van der Waals surface area contributed by atoms with Crippen LogP contribution >= 0.6 is 0 Å². The topological polar surface area (TPSA) is 94.8 Å². The number of phenols is 1. The average Bonchev–Trinajstić information content (AvgIpc) is 3.63. The van der Waals surface area contributed by atoms with E-state index >= 15 is 4.39 Å².